The number of fused-ring (bicyclic) bond motifs is 1. The highest BCUT2D eigenvalue weighted by Crippen LogP contribution is 2.22. The molecular weight excluding hydrogens is 268 g/mol. The highest BCUT2D eigenvalue weighted by Gasteiger charge is 2.37. The second-order valence-corrected chi connectivity index (χ2v) is 7.56. The first-order valence-electron chi connectivity index (χ1n) is 6.64. The lowest BCUT2D eigenvalue weighted by molar-refractivity contribution is -0.143. The van der Waals surface area contributed by atoms with Crippen molar-refractivity contribution < 1.29 is 18.0 Å². The number of hydrogen-bond acceptors (Lipinski definition) is 4. The van der Waals surface area contributed by atoms with E-state index >= 15 is 0 Å². The Morgan fingerprint density at radius 2 is 1.95 bits per heavy atom. The van der Waals surface area contributed by atoms with Crippen LogP contribution in [0.5, 0.6) is 0 Å². The molecule has 0 aromatic carbocycles. The first-order chi connectivity index (χ1) is 8.88. The zero-order valence-electron chi connectivity index (χ0n) is 11.2. The maximum absolute atomic E-state index is 12.4. The van der Waals surface area contributed by atoms with Gasteiger partial charge in [-0.15, -0.1) is 0 Å². The monoisotopic (exact) mass is 288 g/mol. The highest BCUT2D eigenvalue weighted by molar-refractivity contribution is 7.90. The van der Waals surface area contributed by atoms with Crippen molar-refractivity contribution in [3.05, 3.63) is 0 Å². The van der Waals surface area contributed by atoms with Crippen molar-refractivity contribution in [2.75, 3.05) is 31.6 Å². The molecule has 7 heteroatoms. The number of carbonyl (C=O) groups is 2. The van der Waals surface area contributed by atoms with Crippen LogP contribution in [0.15, 0.2) is 0 Å². The number of amides is 2. The third kappa shape index (κ3) is 3.46. The number of sulfone groups is 1. The van der Waals surface area contributed by atoms with Crippen molar-refractivity contribution in [2.24, 2.45) is 0 Å². The van der Waals surface area contributed by atoms with Crippen molar-refractivity contribution in [1.82, 2.24) is 9.80 Å². The van der Waals surface area contributed by atoms with E-state index in [2.05, 4.69) is 0 Å². The molecule has 0 radical (unpaired) electrons. The number of nitrogens with zero attached hydrogens (tertiary/aromatic N) is 2. The minimum atomic E-state index is -3.09. The Hall–Kier alpha value is -1.11. The molecule has 2 fully saturated rings. The maximum Gasteiger partial charge on any atom is 0.245 e. The fourth-order valence-electron chi connectivity index (χ4n) is 2.68. The van der Waals surface area contributed by atoms with Gasteiger partial charge in [0, 0.05) is 32.3 Å². The number of piperidine rings is 1. The van der Waals surface area contributed by atoms with E-state index in [-0.39, 0.29) is 30.2 Å². The van der Waals surface area contributed by atoms with Crippen molar-refractivity contribution in [2.45, 2.75) is 31.7 Å². The molecule has 0 saturated carbocycles. The summed E-state index contributed by atoms with van der Waals surface area (Å²) in [4.78, 5) is 27.6. The van der Waals surface area contributed by atoms with Gasteiger partial charge >= 0.3 is 0 Å². The summed E-state index contributed by atoms with van der Waals surface area (Å²) < 4.78 is 22.4. The third-order valence-electron chi connectivity index (χ3n) is 3.75. The Bertz CT molecular complexity index is 474. The average molecular weight is 288 g/mol. The van der Waals surface area contributed by atoms with Gasteiger partial charge in [0.15, 0.2) is 0 Å². The molecule has 0 aliphatic carbocycles. The minimum Gasteiger partial charge on any atom is -0.339 e. The van der Waals surface area contributed by atoms with Crippen LogP contribution in [-0.4, -0.2) is 67.7 Å². The molecule has 0 N–H and O–H groups in total. The summed E-state index contributed by atoms with van der Waals surface area (Å²) in [5, 5.41) is 0. The molecule has 2 aliphatic heterocycles. The number of carbonyl (C=O) groups excluding carboxylic acids is 2. The van der Waals surface area contributed by atoms with E-state index in [0.717, 1.165) is 19.1 Å². The summed E-state index contributed by atoms with van der Waals surface area (Å²) in [5.74, 6) is -0.117. The van der Waals surface area contributed by atoms with Crippen LogP contribution < -0.4 is 0 Å². The molecule has 1 unspecified atom stereocenters. The normalized spacial score (nSPS) is 25.2. The minimum absolute atomic E-state index is 0.0138. The SMILES string of the molecule is CS(=O)(=O)CCN1CCC(=O)N2CCCCC2C1=O. The van der Waals surface area contributed by atoms with Gasteiger partial charge in [-0.3, -0.25) is 9.59 Å². The first kappa shape index (κ1) is 14.3. The highest BCUT2D eigenvalue weighted by atomic mass is 32.2. The zero-order valence-corrected chi connectivity index (χ0v) is 12.0. The van der Waals surface area contributed by atoms with Gasteiger partial charge < -0.3 is 9.80 Å². The Morgan fingerprint density at radius 1 is 1.21 bits per heavy atom. The largest absolute Gasteiger partial charge is 0.339 e. The van der Waals surface area contributed by atoms with E-state index in [1.54, 1.807) is 4.90 Å². The predicted molar refractivity (Wildman–Crippen MR) is 70.3 cm³/mol. The lowest BCUT2D eigenvalue weighted by Gasteiger charge is -2.34. The molecule has 6 nitrogen and oxygen atoms in total. The van der Waals surface area contributed by atoms with E-state index in [0.29, 0.717) is 25.9 Å². The molecule has 1 atom stereocenters. The second-order valence-electron chi connectivity index (χ2n) is 5.30. The van der Waals surface area contributed by atoms with Crippen LogP contribution in [0.1, 0.15) is 25.7 Å². The van der Waals surface area contributed by atoms with Gasteiger partial charge in [-0.25, -0.2) is 8.42 Å². The Morgan fingerprint density at radius 3 is 2.63 bits per heavy atom. The Labute approximate surface area is 113 Å². The van der Waals surface area contributed by atoms with E-state index < -0.39 is 9.84 Å². The van der Waals surface area contributed by atoms with E-state index in [1.807, 2.05) is 0 Å². The molecule has 19 heavy (non-hydrogen) atoms. The first-order valence-corrected chi connectivity index (χ1v) is 8.70. The van der Waals surface area contributed by atoms with E-state index in [4.69, 9.17) is 0 Å². The lowest BCUT2D eigenvalue weighted by atomic mass is 10.0. The van der Waals surface area contributed by atoms with Crippen molar-refractivity contribution >= 4 is 21.7 Å². The van der Waals surface area contributed by atoms with Crippen molar-refractivity contribution in [3.8, 4) is 0 Å². The van der Waals surface area contributed by atoms with E-state index in [9.17, 15) is 18.0 Å². The molecular formula is C12H20N2O4S. The molecule has 108 valence electrons. The van der Waals surface area contributed by atoms with Crippen LogP contribution in [0.3, 0.4) is 0 Å². The average Bonchev–Trinajstić information content (AvgIpc) is 2.47. The van der Waals surface area contributed by atoms with Gasteiger partial charge in [0.25, 0.3) is 0 Å². The van der Waals surface area contributed by atoms with Gasteiger partial charge in [0.05, 0.1) is 5.75 Å². The maximum atomic E-state index is 12.4. The van der Waals surface area contributed by atoms with Gasteiger partial charge in [-0.2, -0.15) is 0 Å². The molecule has 2 aliphatic rings. The Balaban J connectivity index is 2.09. The third-order valence-corrected chi connectivity index (χ3v) is 4.67. The standard InChI is InChI=1S/C12H20N2O4S/c1-19(17,18)9-8-13-7-5-11(15)14-6-3-2-4-10(14)12(13)16/h10H,2-9H2,1H3. The van der Waals surface area contributed by atoms with Crippen molar-refractivity contribution in [1.29, 1.82) is 0 Å². The topological polar surface area (TPSA) is 74.8 Å². The van der Waals surface area contributed by atoms with Crippen LogP contribution >= 0.6 is 0 Å². The molecule has 0 aromatic heterocycles. The quantitative estimate of drug-likeness (QED) is 0.711. The molecule has 2 saturated heterocycles. The van der Waals surface area contributed by atoms with Crippen LogP contribution in [0.2, 0.25) is 0 Å². The van der Waals surface area contributed by atoms with E-state index in [1.165, 1.54) is 4.90 Å². The van der Waals surface area contributed by atoms with Crippen LogP contribution in [0.4, 0.5) is 0 Å². The summed E-state index contributed by atoms with van der Waals surface area (Å²) in [6, 6.07) is -0.372. The van der Waals surface area contributed by atoms with Crippen LogP contribution in [0.25, 0.3) is 0 Å². The molecule has 2 amide bonds. The lowest BCUT2D eigenvalue weighted by Crippen LogP contribution is -2.50. The summed E-state index contributed by atoms with van der Waals surface area (Å²) in [7, 11) is -3.09. The predicted octanol–water partition coefficient (Wildman–Crippen LogP) is -0.356. The summed E-state index contributed by atoms with van der Waals surface area (Å²) in [6.07, 6.45) is 4.04. The molecule has 0 aromatic rings. The number of rotatable bonds is 3. The smallest absolute Gasteiger partial charge is 0.245 e. The fraction of sp³-hybridized carbons (Fsp3) is 0.833. The zero-order chi connectivity index (χ0) is 14.0. The summed E-state index contributed by atoms with van der Waals surface area (Å²) in [6.45, 7) is 1.17. The van der Waals surface area contributed by atoms with Gasteiger partial charge in [0.2, 0.25) is 11.8 Å². The molecule has 0 bridgehead atoms. The molecule has 2 heterocycles. The summed E-state index contributed by atoms with van der Waals surface area (Å²) >= 11 is 0. The molecule has 2 rings (SSSR count). The van der Waals surface area contributed by atoms with Crippen LogP contribution in [-0.2, 0) is 19.4 Å². The second kappa shape index (κ2) is 5.48. The van der Waals surface area contributed by atoms with Crippen molar-refractivity contribution in [3.63, 3.8) is 0 Å². The molecule has 0 spiro atoms. The number of hydrogen-bond donors (Lipinski definition) is 0. The van der Waals surface area contributed by atoms with Gasteiger partial charge in [-0.1, -0.05) is 0 Å². The Kier molecular flexibility index (Phi) is 4.13. The fourth-order valence-corrected chi connectivity index (χ4v) is 3.23. The van der Waals surface area contributed by atoms with Crippen LogP contribution in [0, 0.1) is 0 Å². The van der Waals surface area contributed by atoms with Gasteiger partial charge in [0.1, 0.15) is 15.9 Å². The van der Waals surface area contributed by atoms with Gasteiger partial charge in [-0.05, 0) is 19.3 Å². The summed E-state index contributed by atoms with van der Waals surface area (Å²) in [5.41, 5.74) is 0.